The maximum atomic E-state index is 12.6. The molecule has 4 heteroatoms. The number of carbonyl (C=O) groups excluding carboxylic acids is 1. The van der Waals surface area contributed by atoms with E-state index in [1.807, 2.05) is 0 Å². The number of hydrogen-bond acceptors (Lipinski definition) is 3. The number of nitrogens with one attached hydrogen (secondary N) is 1. The first kappa shape index (κ1) is 13.4. The highest BCUT2D eigenvalue weighted by Crippen LogP contribution is 2.28. The lowest BCUT2D eigenvalue weighted by molar-refractivity contribution is -0.137. The maximum Gasteiger partial charge on any atom is 0.225 e. The van der Waals surface area contributed by atoms with Gasteiger partial charge in [0.15, 0.2) is 0 Å². The largest absolute Gasteiger partial charge is 0.342 e. The highest BCUT2D eigenvalue weighted by molar-refractivity contribution is 5.79. The zero-order valence-electron chi connectivity index (χ0n) is 12.1. The standard InChI is InChI=1S/C15H27N3O/c1-17-6-2-12(3-7-17)15(19)18-8-4-13-10-16-11-14(13)5-9-18/h12-14,16H,2-11H2,1H3/t13-,14+. The highest BCUT2D eigenvalue weighted by atomic mass is 16.2. The minimum atomic E-state index is 0.298. The topological polar surface area (TPSA) is 35.6 Å². The lowest BCUT2D eigenvalue weighted by atomic mass is 9.92. The predicted octanol–water partition coefficient (Wildman–Crippen LogP) is 0.786. The van der Waals surface area contributed by atoms with Crippen LogP contribution >= 0.6 is 0 Å². The number of likely N-dealkylation sites (tertiary alicyclic amines) is 2. The first-order valence-corrected chi connectivity index (χ1v) is 7.92. The highest BCUT2D eigenvalue weighted by Gasteiger charge is 2.33. The molecule has 4 nitrogen and oxygen atoms in total. The van der Waals surface area contributed by atoms with Crippen LogP contribution in [0.25, 0.3) is 0 Å². The SMILES string of the molecule is CN1CCC(C(=O)N2CC[C@@H]3CNC[C@@H]3CC2)CC1. The second kappa shape index (κ2) is 5.80. The van der Waals surface area contributed by atoms with Gasteiger partial charge in [-0.1, -0.05) is 0 Å². The Labute approximate surface area is 116 Å². The predicted molar refractivity (Wildman–Crippen MR) is 75.9 cm³/mol. The summed E-state index contributed by atoms with van der Waals surface area (Å²) < 4.78 is 0. The van der Waals surface area contributed by atoms with Gasteiger partial charge in [-0.3, -0.25) is 4.79 Å². The molecule has 2 atom stereocenters. The van der Waals surface area contributed by atoms with Crippen LogP contribution in [0.1, 0.15) is 25.7 Å². The van der Waals surface area contributed by atoms with Crippen LogP contribution in [-0.2, 0) is 4.79 Å². The number of fused-ring (bicyclic) bond motifs is 1. The summed E-state index contributed by atoms with van der Waals surface area (Å²) in [7, 11) is 2.15. The maximum absolute atomic E-state index is 12.6. The van der Waals surface area contributed by atoms with Crippen LogP contribution < -0.4 is 5.32 Å². The van der Waals surface area contributed by atoms with Gasteiger partial charge in [0, 0.05) is 19.0 Å². The molecule has 0 unspecified atom stereocenters. The van der Waals surface area contributed by atoms with E-state index in [1.165, 1.54) is 25.9 Å². The Balaban J connectivity index is 1.55. The molecule has 0 spiro atoms. The molecule has 3 fully saturated rings. The second-order valence-electron chi connectivity index (χ2n) is 6.66. The lowest BCUT2D eigenvalue weighted by Gasteiger charge is -2.32. The molecule has 108 valence electrons. The summed E-state index contributed by atoms with van der Waals surface area (Å²) in [5.41, 5.74) is 0. The zero-order valence-corrected chi connectivity index (χ0v) is 12.1. The van der Waals surface area contributed by atoms with Crippen molar-refractivity contribution >= 4 is 5.91 Å². The molecule has 0 aliphatic carbocycles. The summed E-state index contributed by atoms with van der Waals surface area (Å²) in [5.74, 6) is 2.37. The lowest BCUT2D eigenvalue weighted by Crippen LogP contribution is -2.42. The monoisotopic (exact) mass is 265 g/mol. The third-order valence-electron chi connectivity index (χ3n) is 5.40. The van der Waals surface area contributed by atoms with Crippen molar-refractivity contribution in [3.05, 3.63) is 0 Å². The Morgan fingerprint density at radius 2 is 1.53 bits per heavy atom. The average molecular weight is 265 g/mol. The number of hydrogen-bond donors (Lipinski definition) is 1. The molecule has 3 saturated heterocycles. The minimum Gasteiger partial charge on any atom is -0.342 e. The van der Waals surface area contributed by atoms with Crippen LogP contribution in [0.5, 0.6) is 0 Å². The van der Waals surface area contributed by atoms with Crippen LogP contribution in [0.3, 0.4) is 0 Å². The fraction of sp³-hybridized carbons (Fsp3) is 0.933. The molecule has 3 aliphatic rings. The van der Waals surface area contributed by atoms with E-state index in [4.69, 9.17) is 0 Å². The number of nitrogens with zero attached hydrogens (tertiary/aromatic N) is 2. The van der Waals surface area contributed by atoms with Crippen molar-refractivity contribution in [2.75, 3.05) is 46.3 Å². The smallest absolute Gasteiger partial charge is 0.225 e. The van der Waals surface area contributed by atoms with Crippen LogP contribution in [0, 0.1) is 17.8 Å². The third-order valence-corrected chi connectivity index (χ3v) is 5.40. The molecule has 3 heterocycles. The van der Waals surface area contributed by atoms with Gasteiger partial charge in [0.25, 0.3) is 0 Å². The molecule has 19 heavy (non-hydrogen) atoms. The summed E-state index contributed by atoms with van der Waals surface area (Å²) in [6.45, 7) is 6.49. The normalized spacial score (nSPS) is 34.1. The van der Waals surface area contributed by atoms with Gasteiger partial charge >= 0.3 is 0 Å². The van der Waals surface area contributed by atoms with Crippen molar-refractivity contribution < 1.29 is 4.79 Å². The average Bonchev–Trinajstić information content (AvgIpc) is 2.78. The van der Waals surface area contributed by atoms with Crippen molar-refractivity contribution in [2.45, 2.75) is 25.7 Å². The van der Waals surface area contributed by atoms with Crippen LogP contribution in [0.2, 0.25) is 0 Å². The van der Waals surface area contributed by atoms with Gasteiger partial charge in [0.05, 0.1) is 0 Å². The van der Waals surface area contributed by atoms with E-state index in [0.717, 1.165) is 50.9 Å². The first-order chi connectivity index (χ1) is 9.24. The van der Waals surface area contributed by atoms with E-state index in [9.17, 15) is 4.79 Å². The van der Waals surface area contributed by atoms with Crippen molar-refractivity contribution in [3.8, 4) is 0 Å². The number of piperidine rings is 1. The second-order valence-corrected chi connectivity index (χ2v) is 6.66. The van der Waals surface area contributed by atoms with Gasteiger partial charge in [0.1, 0.15) is 0 Å². The molecule has 3 aliphatic heterocycles. The molecule has 0 saturated carbocycles. The molecule has 0 bridgehead atoms. The minimum absolute atomic E-state index is 0.298. The van der Waals surface area contributed by atoms with Crippen molar-refractivity contribution in [3.63, 3.8) is 0 Å². The number of amides is 1. The third kappa shape index (κ3) is 2.95. The molecular formula is C15H27N3O. The molecule has 0 aromatic heterocycles. The van der Waals surface area contributed by atoms with E-state index in [2.05, 4.69) is 22.2 Å². The van der Waals surface area contributed by atoms with Gasteiger partial charge in [0.2, 0.25) is 5.91 Å². The molecule has 0 aromatic rings. The van der Waals surface area contributed by atoms with E-state index in [1.54, 1.807) is 0 Å². The summed E-state index contributed by atoms with van der Waals surface area (Å²) in [4.78, 5) is 17.1. The Hall–Kier alpha value is -0.610. The van der Waals surface area contributed by atoms with Crippen molar-refractivity contribution in [1.29, 1.82) is 0 Å². The summed E-state index contributed by atoms with van der Waals surface area (Å²) in [5, 5.41) is 3.50. The van der Waals surface area contributed by atoms with Gasteiger partial charge in [-0.25, -0.2) is 0 Å². The quantitative estimate of drug-likeness (QED) is 0.761. The van der Waals surface area contributed by atoms with Crippen LogP contribution in [0.4, 0.5) is 0 Å². The zero-order chi connectivity index (χ0) is 13.2. The number of carbonyl (C=O) groups is 1. The number of rotatable bonds is 1. The Morgan fingerprint density at radius 3 is 2.11 bits per heavy atom. The molecule has 0 aromatic carbocycles. The molecule has 1 N–H and O–H groups in total. The summed E-state index contributed by atoms with van der Waals surface area (Å²) >= 11 is 0. The van der Waals surface area contributed by atoms with Gasteiger partial charge in [-0.05, 0) is 70.7 Å². The van der Waals surface area contributed by atoms with E-state index >= 15 is 0 Å². The Bertz CT molecular complexity index is 311. The van der Waals surface area contributed by atoms with Crippen LogP contribution in [-0.4, -0.2) is 62.0 Å². The molecule has 3 rings (SSSR count). The molecule has 0 radical (unpaired) electrons. The molecular weight excluding hydrogens is 238 g/mol. The Morgan fingerprint density at radius 1 is 0.947 bits per heavy atom. The van der Waals surface area contributed by atoms with Crippen molar-refractivity contribution in [1.82, 2.24) is 15.1 Å². The van der Waals surface area contributed by atoms with Gasteiger partial charge < -0.3 is 15.1 Å². The fourth-order valence-electron chi connectivity index (χ4n) is 3.95. The van der Waals surface area contributed by atoms with E-state index in [0.29, 0.717) is 11.8 Å². The van der Waals surface area contributed by atoms with E-state index < -0.39 is 0 Å². The summed E-state index contributed by atoms with van der Waals surface area (Å²) in [6.07, 6.45) is 4.52. The first-order valence-electron chi connectivity index (χ1n) is 7.92. The summed E-state index contributed by atoms with van der Waals surface area (Å²) in [6, 6.07) is 0. The van der Waals surface area contributed by atoms with Gasteiger partial charge in [-0.15, -0.1) is 0 Å². The molecule has 1 amide bonds. The van der Waals surface area contributed by atoms with E-state index in [-0.39, 0.29) is 0 Å². The van der Waals surface area contributed by atoms with Crippen molar-refractivity contribution in [2.24, 2.45) is 17.8 Å². The van der Waals surface area contributed by atoms with Gasteiger partial charge in [-0.2, -0.15) is 0 Å². The Kier molecular flexibility index (Phi) is 4.08. The van der Waals surface area contributed by atoms with Crippen LogP contribution in [0.15, 0.2) is 0 Å². The fourth-order valence-corrected chi connectivity index (χ4v) is 3.95.